The highest BCUT2D eigenvalue weighted by molar-refractivity contribution is 5.73. The Labute approximate surface area is 74.4 Å². The van der Waals surface area contributed by atoms with Crippen LogP contribution in [0, 0.1) is 0 Å². The summed E-state index contributed by atoms with van der Waals surface area (Å²) in [4.78, 5) is 21.7. The molecule has 0 unspecified atom stereocenters. The van der Waals surface area contributed by atoms with Gasteiger partial charge in [0, 0.05) is 12.8 Å². The normalized spacial score (nSPS) is 10.8. The van der Waals surface area contributed by atoms with Gasteiger partial charge in [-0.15, -0.1) is 0 Å². The van der Waals surface area contributed by atoms with Crippen LogP contribution in [0.2, 0.25) is 0 Å². The Morgan fingerprint density at radius 3 is 2.08 bits per heavy atom. The predicted molar refractivity (Wildman–Crippen MR) is 44.4 cm³/mol. The van der Waals surface area contributed by atoms with Gasteiger partial charge in [0.25, 0.3) is 0 Å². The van der Waals surface area contributed by atoms with Gasteiger partial charge in [-0.2, -0.15) is 5.10 Å². The molecule has 0 aliphatic rings. The highest BCUT2D eigenvalue weighted by atomic mass is 16.4. The molecule has 0 bridgehead atoms. The Morgan fingerprint density at radius 2 is 1.77 bits per heavy atom. The average Bonchev–Trinajstić information content (AvgIpc) is 1.98. The summed E-state index contributed by atoms with van der Waals surface area (Å²) >= 11 is 0. The Balaban J connectivity index is 4.01. The first kappa shape index (κ1) is 11.4. The van der Waals surface area contributed by atoms with Gasteiger partial charge in [0.2, 0.25) is 0 Å². The Bertz CT molecular complexity index is 200. The molecule has 13 heavy (non-hydrogen) atoms. The van der Waals surface area contributed by atoms with Crippen molar-refractivity contribution in [2.45, 2.75) is 0 Å². The molecule has 0 aliphatic carbocycles. The largest absolute Gasteiger partial charge is 0.480 e. The molecule has 0 heterocycles. The summed E-state index contributed by atoms with van der Waals surface area (Å²) in [6.07, 6.45) is 1.24. The van der Waals surface area contributed by atoms with E-state index in [1.165, 1.54) is 11.1 Å². The number of hydrogen-bond donors (Lipinski definition) is 3. The van der Waals surface area contributed by atoms with Crippen LogP contribution in [0.5, 0.6) is 0 Å². The Kier molecular flexibility index (Phi) is 5.20. The van der Waals surface area contributed by atoms with Gasteiger partial charge in [-0.1, -0.05) is 0 Å². The van der Waals surface area contributed by atoms with E-state index in [1.807, 2.05) is 0 Å². The third kappa shape index (κ3) is 6.76. The van der Waals surface area contributed by atoms with Crippen molar-refractivity contribution in [1.82, 2.24) is 4.90 Å². The lowest BCUT2D eigenvalue weighted by Gasteiger charge is -2.14. The smallest absolute Gasteiger partial charge is 0.317 e. The molecule has 4 N–H and O–H groups in total. The first-order chi connectivity index (χ1) is 6.06. The van der Waals surface area contributed by atoms with Gasteiger partial charge < -0.3 is 16.1 Å². The molecule has 0 atom stereocenters. The van der Waals surface area contributed by atoms with E-state index in [2.05, 4.69) is 5.10 Å². The van der Waals surface area contributed by atoms with Gasteiger partial charge in [-0.3, -0.25) is 14.5 Å². The van der Waals surface area contributed by atoms with Crippen LogP contribution in [0.3, 0.4) is 0 Å². The molecule has 0 saturated carbocycles. The molecule has 0 saturated heterocycles. The molecule has 0 aliphatic heterocycles. The minimum atomic E-state index is -1.09. The van der Waals surface area contributed by atoms with Crippen LogP contribution in [0.4, 0.5) is 0 Å². The molecule has 0 spiro atoms. The van der Waals surface area contributed by atoms with Crippen molar-refractivity contribution in [1.29, 1.82) is 0 Å². The van der Waals surface area contributed by atoms with Crippen molar-refractivity contribution in [2.75, 3.05) is 19.6 Å². The van der Waals surface area contributed by atoms with Gasteiger partial charge in [0.1, 0.15) is 0 Å². The number of nitrogens with zero attached hydrogens (tertiary/aromatic N) is 2. The maximum Gasteiger partial charge on any atom is 0.317 e. The number of hydrogen-bond acceptors (Lipinski definition) is 5. The molecule has 7 heteroatoms. The molecular formula is C6H11N3O4. The van der Waals surface area contributed by atoms with Crippen LogP contribution in [0.25, 0.3) is 0 Å². The van der Waals surface area contributed by atoms with E-state index < -0.39 is 11.9 Å². The van der Waals surface area contributed by atoms with Crippen molar-refractivity contribution in [3.63, 3.8) is 0 Å². The van der Waals surface area contributed by atoms with Gasteiger partial charge in [-0.25, -0.2) is 0 Å². The van der Waals surface area contributed by atoms with Crippen molar-refractivity contribution < 1.29 is 19.8 Å². The molecule has 0 amide bonds. The van der Waals surface area contributed by atoms with Crippen molar-refractivity contribution in [2.24, 2.45) is 10.9 Å². The number of nitrogens with two attached hydrogens (primary N) is 1. The quantitative estimate of drug-likeness (QED) is 0.263. The van der Waals surface area contributed by atoms with Gasteiger partial charge >= 0.3 is 11.9 Å². The lowest BCUT2D eigenvalue weighted by Crippen LogP contribution is -2.35. The van der Waals surface area contributed by atoms with E-state index in [0.717, 1.165) is 0 Å². The maximum atomic E-state index is 10.2. The van der Waals surface area contributed by atoms with E-state index >= 15 is 0 Å². The van der Waals surface area contributed by atoms with Crippen LogP contribution in [-0.2, 0) is 9.59 Å². The molecule has 0 aromatic carbocycles. The van der Waals surface area contributed by atoms with E-state index in [4.69, 9.17) is 16.1 Å². The van der Waals surface area contributed by atoms with Crippen LogP contribution < -0.4 is 5.84 Å². The summed E-state index contributed by atoms with van der Waals surface area (Å²) in [6.45, 7) is -0.592. The molecule has 74 valence electrons. The highest BCUT2D eigenvalue weighted by Gasteiger charge is 2.11. The zero-order valence-electron chi connectivity index (χ0n) is 6.88. The first-order valence-corrected chi connectivity index (χ1v) is 3.44. The highest BCUT2D eigenvalue weighted by Crippen LogP contribution is 1.85. The first-order valence-electron chi connectivity index (χ1n) is 3.44. The monoisotopic (exact) mass is 189 g/mol. The fourth-order valence-corrected chi connectivity index (χ4v) is 0.730. The van der Waals surface area contributed by atoms with Gasteiger partial charge in [0.05, 0.1) is 13.1 Å². The number of carboxylic acid groups (broad SMARTS) is 2. The van der Waals surface area contributed by atoms with Crippen LogP contribution in [0.15, 0.2) is 5.10 Å². The summed E-state index contributed by atoms with van der Waals surface area (Å²) in [6, 6.07) is 0. The van der Waals surface area contributed by atoms with Crippen LogP contribution >= 0.6 is 0 Å². The lowest BCUT2D eigenvalue weighted by atomic mass is 10.4. The van der Waals surface area contributed by atoms with E-state index in [0.29, 0.717) is 0 Å². The second-order valence-electron chi connectivity index (χ2n) is 2.29. The van der Waals surface area contributed by atoms with Crippen LogP contribution in [-0.4, -0.2) is 52.9 Å². The summed E-state index contributed by atoms with van der Waals surface area (Å²) in [7, 11) is 0. The molecule has 0 rings (SSSR count). The van der Waals surface area contributed by atoms with E-state index in [-0.39, 0.29) is 19.6 Å². The number of aliphatic carboxylic acids is 2. The zero-order valence-corrected chi connectivity index (χ0v) is 6.88. The molecule has 0 radical (unpaired) electrons. The third-order valence-corrected chi connectivity index (χ3v) is 1.16. The molecule has 0 aromatic heterocycles. The Morgan fingerprint density at radius 1 is 1.31 bits per heavy atom. The molecule has 0 aromatic rings. The summed E-state index contributed by atoms with van der Waals surface area (Å²) in [5, 5.41) is 19.9. The summed E-state index contributed by atoms with van der Waals surface area (Å²) in [5.41, 5.74) is 0. The average molecular weight is 189 g/mol. The zero-order chi connectivity index (χ0) is 10.3. The van der Waals surface area contributed by atoms with E-state index in [9.17, 15) is 9.59 Å². The van der Waals surface area contributed by atoms with Gasteiger partial charge in [0.15, 0.2) is 0 Å². The number of rotatable bonds is 6. The summed E-state index contributed by atoms with van der Waals surface area (Å²) in [5.74, 6) is 2.60. The fraction of sp³-hybridized carbons (Fsp3) is 0.500. The SMILES string of the molecule is N/N=C/CN(CC(=O)O)CC(=O)O. The number of carboxylic acids is 2. The second-order valence-corrected chi connectivity index (χ2v) is 2.29. The summed E-state index contributed by atoms with van der Waals surface area (Å²) < 4.78 is 0. The molecule has 0 fully saturated rings. The standard InChI is InChI=1S/C6H11N3O4/c7-8-1-2-9(3-5(10)11)4-6(12)13/h1H,2-4,7H2,(H,10,11)(H,12,13)/b8-1+. The second kappa shape index (κ2) is 5.95. The number of hydrazone groups is 1. The topological polar surface area (TPSA) is 116 Å². The predicted octanol–water partition coefficient (Wildman–Crippen LogP) is -1.60. The van der Waals surface area contributed by atoms with E-state index in [1.54, 1.807) is 0 Å². The van der Waals surface area contributed by atoms with Crippen molar-refractivity contribution >= 4 is 18.2 Å². The lowest BCUT2D eigenvalue weighted by molar-refractivity contribution is -0.141. The minimum Gasteiger partial charge on any atom is -0.480 e. The molecule has 7 nitrogen and oxygen atoms in total. The maximum absolute atomic E-state index is 10.2. The van der Waals surface area contributed by atoms with Gasteiger partial charge in [-0.05, 0) is 0 Å². The Hall–Kier alpha value is -1.63. The molecular weight excluding hydrogens is 178 g/mol. The number of carbonyl (C=O) groups is 2. The van der Waals surface area contributed by atoms with Crippen molar-refractivity contribution in [3.05, 3.63) is 0 Å². The minimum absolute atomic E-state index is 0.106. The van der Waals surface area contributed by atoms with Crippen LogP contribution in [0.1, 0.15) is 0 Å². The fourth-order valence-electron chi connectivity index (χ4n) is 0.730. The van der Waals surface area contributed by atoms with Crippen molar-refractivity contribution in [3.8, 4) is 0 Å². The third-order valence-electron chi connectivity index (χ3n) is 1.16.